The zero-order chi connectivity index (χ0) is 18.4. The van der Waals surface area contributed by atoms with Crippen molar-refractivity contribution in [1.29, 1.82) is 0 Å². The number of alkyl carbamates (subject to hydrolysis) is 1. The van der Waals surface area contributed by atoms with Crippen molar-refractivity contribution in [1.82, 2.24) is 5.32 Å². The molecular weight excluding hydrogens is 336 g/mol. The van der Waals surface area contributed by atoms with E-state index in [1.165, 1.54) is 22.3 Å². The van der Waals surface area contributed by atoms with Gasteiger partial charge in [0.2, 0.25) is 0 Å². The maximum Gasteiger partial charge on any atom is 0.407 e. The molecule has 1 amide bonds. The predicted molar refractivity (Wildman–Crippen MR) is 105 cm³/mol. The summed E-state index contributed by atoms with van der Waals surface area (Å²) in [5.41, 5.74) is 11.1. The van der Waals surface area contributed by atoms with E-state index < -0.39 is 0 Å². The van der Waals surface area contributed by atoms with E-state index in [0.717, 1.165) is 25.7 Å². The Morgan fingerprint density at radius 3 is 2.07 bits per heavy atom. The summed E-state index contributed by atoms with van der Waals surface area (Å²) >= 11 is 0. The number of nitrogens with two attached hydrogens (primary N) is 1. The van der Waals surface area contributed by atoms with Gasteiger partial charge in [0, 0.05) is 18.0 Å². The van der Waals surface area contributed by atoms with Gasteiger partial charge in [-0.1, -0.05) is 48.5 Å². The second-order valence-corrected chi connectivity index (χ2v) is 8.39. The fraction of sp³-hybridized carbons (Fsp3) is 0.435. The van der Waals surface area contributed by atoms with Crippen LogP contribution in [0.15, 0.2) is 48.5 Å². The molecule has 0 bridgehead atoms. The highest BCUT2D eigenvalue weighted by atomic mass is 16.5. The van der Waals surface area contributed by atoms with Crippen LogP contribution in [-0.4, -0.2) is 24.8 Å². The van der Waals surface area contributed by atoms with Crippen LogP contribution in [0.25, 0.3) is 11.1 Å². The molecule has 0 radical (unpaired) electrons. The van der Waals surface area contributed by atoms with Gasteiger partial charge in [-0.05, 0) is 59.8 Å². The van der Waals surface area contributed by atoms with E-state index in [0.29, 0.717) is 24.5 Å². The van der Waals surface area contributed by atoms with Crippen LogP contribution in [0.3, 0.4) is 0 Å². The molecular formula is C23H26N2O2. The normalized spacial score (nSPS) is 28.5. The third-order valence-electron chi connectivity index (χ3n) is 6.72. The van der Waals surface area contributed by atoms with Crippen LogP contribution in [0.2, 0.25) is 0 Å². The number of amides is 1. The van der Waals surface area contributed by atoms with E-state index in [9.17, 15) is 4.79 Å². The minimum absolute atomic E-state index is 0.115. The molecule has 27 heavy (non-hydrogen) atoms. The first-order valence-corrected chi connectivity index (χ1v) is 10.1. The summed E-state index contributed by atoms with van der Waals surface area (Å²) in [6, 6.07) is 17.4. The zero-order valence-electron chi connectivity index (χ0n) is 15.4. The number of carbonyl (C=O) groups is 1. The van der Waals surface area contributed by atoms with Crippen LogP contribution in [0.4, 0.5) is 4.79 Å². The predicted octanol–water partition coefficient (Wildman–Crippen LogP) is 4.04. The fourth-order valence-electron chi connectivity index (χ4n) is 5.59. The van der Waals surface area contributed by atoms with E-state index in [2.05, 4.69) is 53.8 Å². The Bertz CT molecular complexity index is 805. The Morgan fingerprint density at radius 2 is 1.48 bits per heavy atom. The van der Waals surface area contributed by atoms with Crippen molar-refractivity contribution in [3.63, 3.8) is 0 Å². The number of fused-ring (bicyclic) bond motifs is 4. The van der Waals surface area contributed by atoms with Crippen LogP contribution in [-0.2, 0) is 4.74 Å². The number of ether oxygens (including phenoxy) is 1. The van der Waals surface area contributed by atoms with Crippen molar-refractivity contribution in [2.24, 2.45) is 17.6 Å². The SMILES string of the molecule is NC1C[C@@H]2CC(NC(=O)OCC3c4ccccc4-c4ccccc43)C[C@@H]2C1. The second kappa shape index (κ2) is 6.68. The molecule has 4 nitrogen and oxygen atoms in total. The molecule has 3 aliphatic carbocycles. The third-order valence-corrected chi connectivity index (χ3v) is 6.72. The van der Waals surface area contributed by atoms with Gasteiger partial charge in [-0.3, -0.25) is 0 Å². The lowest BCUT2D eigenvalue weighted by atomic mass is 9.98. The standard InChI is InChI=1S/C23H26N2O2/c24-16-9-14-11-17(12-15(14)10-16)25-23(26)27-13-22-20-7-3-1-5-18(20)19-6-2-4-8-21(19)22/h1-8,14-17,22H,9-13,24H2,(H,25,26)/t14-,15+,16?,17?. The van der Waals surface area contributed by atoms with Crippen LogP contribution in [0.5, 0.6) is 0 Å². The third kappa shape index (κ3) is 3.02. The average Bonchev–Trinajstić information content (AvgIpc) is 3.29. The van der Waals surface area contributed by atoms with Gasteiger partial charge in [-0.2, -0.15) is 0 Å². The first kappa shape index (κ1) is 16.8. The molecule has 5 rings (SSSR count). The molecule has 3 N–H and O–H groups in total. The van der Waals surface area contributed by atoms with E-state index in [-0.39, 0.29) is 18.1 Å². The van der Waals surface area contributed by atoms with Crippen LogP contribution >= 0.6 is 0 Å². The van der Waals surface area contributed by atoms with Crippen molar-refractivity contribution in [3.05, 3.63) is 59.7 Å². The first-order chi connectivity index (χ1) is 13.2. The summed E-state index contributed by atoms with van der Waals surface area (Å²) in [4.78, 5) is 12.4. The van der Waals surface area contributed by atoms with E-state index >= 15 is 0 Å². The Morgan fingerprint density at radius 1 is 0.926 bits per heavy atom. The molecule has 0 heterocycles. The molecule has 0 aromatic heterocycles. The van der Waals surface area contributed by atoms with Crippen molar-refractivity contribution in [2.75, 3.05) is 6.61 Å². The summed E-state index contributed by atoms with van der Waals surface area (Å²) < 4.78 is 5.67. The number of carbonyl (C=O) groups excluding carboxylic acids is 1. The molecule has 2 saturated carbocycles. The van der Waals surface area contributed by atoms with Gasteiger partial charge in [0.05, 0.1) is 0 Å². The number of hydrogen-bond acceptors (Lipinski definition) is 3. The Labute approximate surface area is 160 Å². The highest BCUT2D eigenvalue weighted by molar-refractivity contribution is 5.79. The molecule has 140 valence electrons. The average molecular weight is 362 g/mol. The lowest BCUT2D eigenvalue weighted by molar-refractivity contribution is 0.138. The molecule has 0 aliphatic heterocycles. The molecule has 2 aromatic carbocycles. The van der Waals surface area contributed by atoms with Crippen molar-refractivity contribution < 1.29 is 9.53 Å². The lowest BCUT2D eigenvalue weighted by Crippen LogP contribution is -2.35. The lowest BCUT2D eigenvalue weighted by Gasteiger charge is -2.17. The number of hydrogen-bond donors (Lipinski definition) is 2. The smallest absolute Gasteiger partial charge is 0.407 e. The van der Waals surface area contributed by atoms with Gasteiger partial charge in [-0.25, -0.2) is 4.79 Å². The Hall–Kier alpha value is -2.33. The Balaban J connectivity index is 1.22. The molecule has 3 aliphatic rings. The van der Waals surface area contributed by atoms with Gasteiger partial charge in [0.25, 0.3) is 0 Å². The molecule has 4 atom stereocenters. The quantitative estimate of drug-likeness (QED) is 0.866. The highest BCUT2D eigenvalue weighted by Crippen LogP contribution is 2.45. The minimum atomic E-state index is -0.286. The number of benzene rings is 2. The van der Waals surface area contributed by atoms with Crippen molar-refractivity contribution in [2.45, 2.75) is 43.7 Å². The first-order valence-electron chi connectivity index (χ1n) is 10.1. The van der Waals surface area contributed by atoms with Crippen molar-refractivity contribution >= 4 is 6.09 Å². The van der Waals surface area contributed by atoms with Gasteiger partial charge < -0.3 is 15.8 Å². The molecule has 2 fully saturated rings. The van der Waals surface area contributed by atoms with Gasteiger partial charge in [0.1, 0.15) is 6.61 Å². The molecule has 2 aromatic rings. The molecule has 0 saturated heterocycles. The van der Waals surface area contributed by atoms with Crippen molar-refractivity contribution in [3.8, 4) is 11.1 Å². The van der Waals surface area contributed by atoms with Crippen LogP contribution in [0, 0.1) is 11.8 Å². The largest absolute Gasteiger partial charge is 0.449 e. The fourth-order valence-corrected chi connectivity index (χ4v) is 5.59. The van der Waals surface area contributed by atoms with E-state index in [1.54, 1.807) is 0 Å². The van der Waals surface area contributed by atoms with E-state index in [1.807, 2.05) is 0 Å². The summed E-state index contributed by atoms with van der Waals surface area (Å²) in [7, 11) is 0. The van der Waals surface area contributed by atoms with E-state index in [4.69, 9.17) is 10.5 Å². The van der Waals surface area contributed by atoms with Gasteiger partial charge in [0.15, 0.2) is 0 Å². The molecule has 4 heteroatoms. The summed E-state index contributed by atoms with van der Waals surface area (Å²) in [5.74, 6) is 1.47. The monoisotopic (exact) mass is 362 g/mol. The van der Waals surface area contributed by atoms with Gasteiger partial charge in [-0.15, -0.1) is 0 Å². The number of nitrogens with one attached hydrogen (secondary N) is 1. The highest BCUT2D eigenvalue weighted by Gasteiger charge is 2.41. The van der Waals surface area contributed by atoms with Crippen LogP contribution in [0.1, 0.15) is 42.7 Å². The zero-order valence-corrected chi connectivity index (χ0v) is 15.4. The second-order valence-electron chi connectivity index (χ2n) is 8.39. The maximum atomic E-state index is 12.4. The molecule has 2 unspecified atom stereocenters. The summed E-state index contributed by atoms with van der Waals surface area (Å²) in [5, 5.41) is 3.09. The minimum Gasteiger partial charge on any atom is -0.449 e. The topological polar surface area (TPSA) is 64.3 Å². The number of rotatable bonds is 3. The summed E-state index contributed by atoms with van der Waals surface area (Å²) in [6.45, 7) is 0.379. The maximum absolute atomic E-state index is 12.4. The Kier molecular flexibility index (Phi) is 4.16. The van der Waals surface area contributed by atoms with Crippen LogP contribution < -0.4 is 11.1 Å². The van der Waals surface area contributed by atoms with Gasteiger partial charge >= 0.3 is 6.09 Å². The summed E-state index contributed by atoms with van der Waals surface area (Å²) in [6.07, 6.45) is 4.01. The molecule has 0 spiro atoms.